The maximum absolute atomic E-state index is 5.69. The molecule has 2 nitrogen and oxygen atoms in total. The number of nitrogens with one attached hydrogen (secondary N) is 1. The molecular formula is C12H15BrN2. The Kier molecular flexibility index (Phi) is 3.31. The number of nitrogens with two attached hydrogens (primary N) is 1. The summed E-state index contributed by atoms with van der Waals surface area (Å²) in [4.78, 5) is 0. The van der Waals surface area contributed by atoms with Crippen molar-refractivity contribution in [2.75, 3.05) is 11.1 Å². The average molecular weight is 267 g/mol. The Bertz CT molecular complexity index is 374. The molecule has 3 heteroatoms. The third-order valence-electron chi connectivity index (χ3n) is 2.62. The molecule has 1 aliphatic carbocycles. The molecular weight excluding hydrogens is 252 g/mol. The van der Waals surface area contributed by atoms with Gasteiger partial charge in [0.05, 0.1) is 0 Å². The molecule has 0 radical (unpaired) electrons. The van der Waals surface area contributed by atoms with Gasteiger partial charge in [0.25, 0.3) is 0 Å². The molecule has 1 atom stereocenters. The van der Waals surface area contributed by atoms with E-state index in [0.29, 0.717) is 6.04 Å². The Morgan fingerprint density at radius 1 is 1.33 bits per heavy atom. The van der Waals surface area contributed by atoms with Crippen molar-refractivity contribution < 1.29 is 0 Å². The van der Waals surface area contributed by atoms with Crippen LogP contribution in [0.1, 0.15) is 19.3 Å². The summed E-state index contributed by atoms with van der Waals surface area (Å²) in [6, 6.07) is 6.43. The number of benzene rings is 1. The normalized spacial score (nSPS) is 20.2. The summed E-state index contributed by atoms with van der Waals surface area (Å²) < 4.78 is 1.04. The van der Waals surface area contributed by atoms with Gasteiger partial charge in [-0.1, -0.05) is 12.2 Å². The van der Waals surface area contributed by atoms with E-state index in [0.717, 1.165) is 22.3 Å². The SMILES string of the molecule is Nc1ccc(NC2CC=CCC2)c(Br)c1. The topological polar surface area (TPSA) is 38.0 Å². The number of hydrogen-bond donors (Lipinski definition) is 2. The van der Waals surface area contributed by atoms with Crippen LogP contribution in [0.5, 0.6) is 0 Å². The van der Waals surface area contributed by atoms with Crippen LogP contribution in [-0.2, 0) is 0 Å². The maximum atomic E-state index is 5.69. The molecule has 1 aromatic rings. The van der Waals surface area contributed by atoms with E-state index in [4.69, 9.17) is 5.73 Å². The Labute approximate surface area is 98.7 Å². The van der Waals surface area contributed by atoms with Gasteiger partial charge in [-0.3, -0.25) is 0 Å². The number of allylic oxidation sites excluding steroid dienone is 1. The van der Waals surface area contributed by atoms with Crippen LogP contribution in [0.15, 0.2) is 34.8 Å². The molecule has 1 unspecified atom stereocenters. The van der Waals surface area contributed by atoms with Gasteiger partial charge in [-0.25, -0.2) is 0 Å². The fourth-order valence-electron chi connectivity index (χ4n) is 1.79. The van der Waals surface area contributed by atoms with E-state index < -0.39 is 0 Å². The largest absolute Gasteiger partial charge is 0.399 e. The average Bonchev–Trinajstić information content (AvgIpc) is 2.24. The zero-order valence-corrected chi connectivity index (χ0v) is 10.1. The lowest BCUT2D eigenvalue weighted by Crippen LogP contribution is -2.20. The molecule has 0 saturated carbocycles. The highest BCUT2D eigenvalue weighted by Crippen LogP contribution is 2.27. The highest BCUT2D eigenvalue weighted by molar-refractivity contribution is 9.10. The van der Waals surface area contributed by atoms with E-state index >= 15 is 0 Å². The molecule has 0 aliphatic heterocycles. The maximum Gasteiger partial charge on any atom is 0.0488 e. The molecule has 0 heterocycles. The van der Waals surface area contributed by atoms with E-state index in [1.54, 1.807) is 0 Å². The molecule has 0 bridgehead atoms. The first-order valence-electron chi connectivity index (χ1n) is 5.22. The van der Waals surface area contributed by atoms with Crippen molar-refractivity contribution in [2.24, 2.45) is 0 Å². The van der Waals surface area contributed by atoms with E-state index in [2.05, 4.69) is 33.4 Å². The van der Waals surface area contributed by atoms with Crippen LogP contribution >= 0.6 is 15.9 Å². The summed E-state index contributed by atoms with van der Waals surface area (Å²) in [5.41, 5.74) is 7.61. The molecule has 0 amide bonds. The van der Waals surface area contributed by atoms with Crippen molar-refractivity contribution in [3.8, 4) is 0 Å². The van der Waals surface area contributed by atoms with Crippen LogP contribution in [0.2, 0.25) is 0 Å². The highest BCUT2D eigenvalue weighted by atomic mass is 79.9. The van der Waals surface area contributed by atoms with Gasteiger partial charge in [-0.2, -0.15) is 0 Å². The quantitative estimate of drug-likeness (QED) is 0.635. The Hall–Kier alpha value is -0.960. The summed E-state index contributed by atoms with van der Waals surface area (Å²) >= 11 is 3.51. The first-order chi connectivity index (χ1) is 7.25. The summed E-state index contributed by atoms with van der Waals surface area (Å²) in [6.07, 6.45) is 7.97. The van der Waals surface area contributed by atoms with Gasteiger partial charge in [0.2, 0.25) is 0 Å². The lowest BCUT2D eigenvalue weighted by Gasteiger charge is -2.21. The van der Waals surface area contributed by atoms with Crippen molar-refractivity contribution in [2.45, 2.75) is 25.3 Å². The van der Waals surface area contributed by atoms with Crippen molar-refractivity contribution in [1.82, 2.24) is 0 Å². The smallest absolute Gasteiger partial charge is 0.0488 e. The number of hydrogen-bond acceptors (Lipinski definition) is 2. The van der Waals surface area contributed by atoms with Crippen LogP contribution in [0.3, 0.4) is 0 Å². The van der Waals surface area contributed by atoms with E-state index in [-0.39, 0.29) is 0 Å². The van der Waals surface area contributed by atoms with Crippen molar-refractivity contribution in [3.63, 3.8) is 0 Å². The van der Waals surface area contributed by atoms with Gasteiger partial charge in [-0.15, -0.1) is 0 Å². The van der Waals surface area contributed by atoms with Gasteiger partial charge < -0.3 is 11.1 Å². The Balaban J connectivity index is 2.06. The van der Waals surface area contributed by atoms with Gasteiger partial charge in [0, 0.05) is 21.9 Å². The van der Waals surface area contributed by atoms with Crippen LogP contribution in [-0.4, -0.2) is 6.04 Å². The van der Waals surface area contributed by atoms with E-state index in [1.807, 2.05) is 18.2 Å². The third kappa shape index (κ3) is 2.75. The van der Waals surface area contributed by atoms with Gasteiger partial charge in [-0.05, 0) is 53.4 Å². The van der Waals surface area contributed by atoms with E-state index in [1.165, 1.54) is 12.8 Å². The standard InChI is InChI=1S/C12H15BrN2/c13-11-8-9(14)6-7-12(11)15-10-4-2-1-3-5-10/h1-2,6-8,10,15H,3-5,14H2. The third-order valence-corrected chi connectivity index (χ3v) is 3.28. The van der Waals surface area contributed by atoms with Gasteiger partial charge >= 0.3 is 0 Å². The predicted molar refractivity (Wildman–Crippen MR) is 69.0 cm³/mol. The van der Waals surface area contributed by atoms with Crippen LogP contribution in [0, 0.1) is 0 Å². The molecule has 0 aromatic heterocycles. The Morgan fingerprint density at radius 3 is 2.87 bits per heavy atom. The van der Waals surface area contributed by atoms with Crippen molar-refractivity contribution in [1.29, 1.82) is 0 Å². The van der Waals surface area contributed by atoms with Crippen LogP contribution < -0.4 is 11.1 Å². The monoisotopic (exact) mass is 266 g/mol. The van der Waals surface area contributed by atoms with Crippen molar-refractivity contribution in [3.05, 3.63) is 34.8 Å². The zero-order valence-electron chi connectivity index (χ0n) is 8.54. The highest BCUT2D eigenvalue weighted by Gasteiger charge is 2.10. The van der Waals surface area contributed by atoms with Gasteiger partial charge in [0.1, 0.15) is 0 Å². The molecule has 15 heavy (non-hydrogen) atoms. The summed E-state index contributed by atoms with van der Waals surface area (Å²) in [6.45, 7) is 0. The number of halogens is 1. The first-order valence-corrected chi connectivity index (χ1v) is 6.01. The minimum absolute atomic E-state index is 0.551. The minimum atomic E-state index is 0.551. The second-order valence-corrected chi connectivity index (χ2v) is 4.72. The zero-order chi connectivity index (χ0) is 10.7. The fourth-order valence-corrected chi connectivity index (χ4v) is 2.30. The lowest BCUT2D eigenvalue weighted by atomic mass is 10.0. The summed E-state index contributed by atoms with van der Waals surface area (Å²) in [5, 5.41) is 3.52. The number of nitrogen functional groups attached to an aromatic ring is 1. The minimum Gasteiger partial charge on any atom is -0.399 e. The molecule has 0 spiro atoms. The molecule has 3 N–H and O–H groups in total. The van der Waals surface area contributed by atoms with Crippen molar-refractivity contribution >= 4 is 27.3 Å². The van der Waals surface area contributed by atoms with Crippen LogP contribution in [0.25, 0.3) is 0 Å². The molecule has 0 fully saturated rings. The summed E-state index contributed by atoms with van der Waals surface area (Å²) in [7, 11) is 0. The second kappa shape index (κ2) is 4.71. The summed E-state index contributed by atoms with van der Waals surface area (Å²) in [5.74, 6) is 0. The molecule has 0 saturated heterocycles. The van der Waals surface area contributed by atoms with Gasteiger partial charge in [0.15, 0.2) is 0 Å². The Morgan fingerprint density at radius 2 is 2.20 bits per heavy atom. The predicted octanol–water partition coefficient (Wildman–Crippen LogP) is 3.55. The molecule has 1 aliphatic rings. The number of rotatable bonds is 2. The molecule has 80 valence electrons. The number of anilines is 2. The second-order valence-electron chi connectivity index (χ2n) is 3.87. The lowest BCUT2D eigenvalue weighted by molar-refractivity contribution is 0.644. The fraction of sp³-hybridized carbons (Fsp3) is 0.333. The molecule has 1 aromatic carbocycles. The first kappa shape index (κ1) is 10.6. The van der Waals surface area contributed by atoms with Crippen LogP contribution in [0.4, 0.5) is 11.4 Å². The van der Waals surface area contributed by atoms with E-state index in [9.17, 15) is 0 Å². The molecule has 2 rings (SSSR count).